The number of hydrogen-bond donors (Lipinski definition) is 1. The topological polar surface area (TPSA) is 29.1 Å². The minimum Gasteiger partial charge on any atom is -0.305 e. The summed E-state index contributed by atoms with van der Waals surface area (Å²) in [7, 11) is 0. The van der Waals surface area contributed by atoms with E-state index in [4.69, 9.17) is 0 Å². The molecule has 0 saturated carbocycles. The lowest BCUT2D eigenvalue weighted by atomic mass is 9.86. The highest BCUT2D eigenvalue weighted by molar-refractivity contribution is 5.90. The summed E-state index contributed by atoms with van der Waals surface area (Å²) in [6.45, 7) is 2.72. The number of rotatable bonds is 4. The Morgan fingerprint density at radius 3 is 2.56 bits per heavy atom. The summed E-state index contributed by atoms with van der Waals surface area (Å²) in [4.78, 5) is 12.3. The molecule has 1 heterocycles. The number of nitrogens with one attached hydrogen (secondary N) is 1. The zero-order valence-corrected chi connectivity index (χ0v) is 10.4. The molecule has 0 aliphatic carbocycles. The lowest BCUT2D eigenvalue weighted by Crippen LogP contribution is -2.47. The lowest BCUT2D eigenvalue weighted by molar-refractivity contribution is -0.124. The summed E-state index contributed by atoms with van der Waals surface area (Å²) in [5.41, 5.74) is -0.710. The Bertz CT molecular complexity index is 433. The van der Waals surface area contributed by atoms with Crippen molar-refractivity contribution in [2.24, 2.45) is 0 Å². The standard InChI is InChI=1S/C14H17F2NO/c1-2-14(7-4-8-17-14)13(18)9-10-11(15)5-3-6-12(10)16/h3,5-6,17H,2,4,7-9H2,1H3. The Hall–Kier alpha value is -1.29. The first-order valence-electron chi connectivity index (χ1n) is 6.30. The van der Waals surface area contributed by atoms with Gasteiger partial charge in [0, 0.05) is 12.0 Å². The van der Waals surface area contributed by atoms with Gasteiger partial charge < -0.3 is 5.32 Å². The average molecular weight is 253 g/mol. The van der Waals surface area contributed by atoms with Crippen LogP contribution in [-0.4, -0.2) is 17.9 Å². The predicted octanol–water partition coefficient (Wildman–Crippen LogP) is 2.61. The van der Waals surface area contributed by atoms with E-state index in [1.54, 1.807) is 0 Å². The molecule has 0 bridgehead atoms. The molecule has 1 unspecified atom stereocenters. The van der Waals surface area contributed by atoms with Crippen molar-refractivity contribution >= 4 is 5.78 Å². The fraction of sp³-hybridized carbons (Fsp3) is 0.500. The second-order valence-corrected chi connectivity index (χ2v) is 4.77. The molecular formula is C14H17F2NO. The van der Waals surface area contributed by atoms with E-state index in [0.717, 1.165) is 19.4 Å². The molecule has 0 radical (unpaired) electrons. The van der Waals surface area contributed by atoms with Gasteiger partial charge in [-0.3, -0.25) is 4.79 Å². The largest absolute Gasteiger partial charge is 0.305 e. The van der Waals surface area contributed by atoms with Crippen LogP contribution in [0.4, 0.5) is 8.78 Å². The third-order valence-electron chi connectivity index (χ3n) is 3.78. The molecule has 2 rings (SSSR count). The van der Waals surface area contributed by atoms with Gasteiger partial charge in [-0.25, -0.2) is 8.78 Å². The third-order valence-corrected chi connectivity index (χ3v) is 3.78. The molecule has 1 N–H and O–H groups in total. The first-order valence-corrected chi connectivity index (χ1v) is 6.30. The van der Waals surface area contributed by atoms with Crippen molar-refractivity contribution in [2.75, 3.05) is 6.54 Å². The van der Waals surface area contributed by atoms with E-state index in [9.17, 15) is 13.6 Å². The normalized spacial score (nSPS) is 23.3. The van der Waals surface area contributed by atoms with E-state index in [1.807, 2.05) is 6.92 Å². The quantitative estimate of drug-likeness (QED) is 0.893. The summed E-state index contributed by atoms with van der Waals surface area (Å²) in [6.07, 6.45) is 2.15. The van der Waals surface area contributed by atoms with Gasteiger partial charge in [0.05, 0.1) is 5.54 Å². The SMILES string of the molecule is CCC1(C(=O)Cc2c(F)cccc2F)CCCN1. The average Bonchev–Trinajstić information content (AvgIpc) is 2.84. The van der Waals surface area contributed by atoms with Crippen LogP contribution in [0.2, 0.25) is 0 Å². The molecule has 0 aromatic heterocycles. The number of halogens is 2. The van der Waals surface area contributed by atoms with Crippen LogP contribution in [0.25, 0.3) is 0 Å². The van der Waals surface area contributed by atoms with Gasteiger partial charge in [0.25, 0.3) is 0 Å². The molecule has 0 spiro atoms. The minimum absolute atomic E-state index is 0.119. The van der Waals surface area contributed by atoms with Crippen molar-refractivity contribution in [1.29, 1.82) is 0 Å². The van der Waals surface area contributed by atoms with E-state index in [2.05, 4.69) is 5.32 Å². The third kappa shape index (κ3) is 2.29. The van der Waals surface area contributed by atoms with Crippen LogP contribution in [0.15, 0.2) is 18.2 Å². The van der Waals surface area contributed by atoms with Crippen molar-refractivity contribution in [2.45, 2.75) is 38.1 Å². The fourth-order valence-electron chi connectivity index (χ4n) is 2.57. The summed E-state index contributed by atoms with van der Waals surface area (Å²) >= 11 is 0. The number of hydrogen-bond acceptors (Lipinski definition) is 2. The Labute approximate surface area is 105 Å². The smallest absolute Gasteiger partial charge is 0.157 e. The van der Waals surface area contributed by atoms with Gasteiger partial charge in [0.2, 0.25) is 0 Å². The second-order valence-electron chi connectivity index (χ2n) is 4.77. The zero-order valence-electron chi connectivity index (χ0n) is 10.4. The Kier molecular flexibility index (Phi) is 3.76. The molecular weight excluding hydrogens is 236 g/mol. The molecule has 2 nitrogen and oxygen atoms in total. The van der Waals surface area contributed by atoms with Gasteiger partial charge in [0.15, 0.2) is 5.78 Å². The molecule has 1 aliphatic rings. The van der Waals surface area contributed by atoms with Crippen molar-refractivity contribution < 1.29 is 13.6 Å². The maximum atomic E-state index is 13.5. The maximum absolute atomic E-state index is 13.5. The fourth-order valence-corrected chi connectivity index (χ4v) is 2.57. The van der Waals surface area contributed by atoms with Gasteiger partial charge in [-0.1, -0.05) is 13.0 Å². The molecule has 0 amide bonds. The lowest BCUT2D eigenvalue weighted by Gasteiger charge is -2.26. The van der Waals surface area contributed by atoms with Crippen molar-refractivity contribution in [1.82, 2.24) is 5.32 Å². The predicted molar refractivity (Wildman–Crippen MR) is 65.3 cm³/mol. The van der Waals surface area contributed by atoms with E-state index < -0.39 is 17.2 Å². The summed E-state index contributed by atoms with van der Waals surface area (Å²) < 4.78 is 27.0. The number of carbonyl (C=O) groups is 1. The molecule has 18 heavy (non-hydrogen) atoms. The van der Waals surface area contributed by atoms with E-state index in [0.29, 0.717) is 6.42 Å². The monoisotopic (exact) mass is 253 g/mol. The highest BCUT2D eigenvalue weighted by Gasteiger charge is 2.39. The molecule has 1 fully saturated rings. The van der Waals surface area contributed by atoms with Gasteiger partial charge in [0.1, 0.15) is 11.6 Å². The number of carbonyl (C=O) groups excluding carboxylic acids is 1. The number of ketones is 1. The second kappa shape index (κ2) is 5.14. The van der Waals surface area contributed by atoms with Gasteiger partial charge in [-0.15, -0.1) is 0 Å². The minimum atomic E-state index is -0.646. The van der Waals surface area contributed by atoms with E-state index in [-0.39, 0.29) is 17.8 Å². The Morgan fingerprint density at radius 2 is 2.06 bits per heavy atom. The first kappa shape index (κ1) is 13.1. The molecule has 1 aromatic rings. The summed E-state index contributed by atoms with van der Waals surface area (Å²) in [5, 5.41) is 3.18. The van der Waals surface area contributed by atoms with Crippen molar-refractivity contribution in [3.63, 3.8) is 0 Å². The van der Waals surface area contributed by atoms with Crippen molar-refractivity contribution in [3.8, 4) is 0 Å². The van der Waals surface area contributed by atoms with Gasteiger partial charge in [-0.05, 0) is 37.9 Å². The molecule has 1 atom stereocenters. The summed E-state index contributed by atoms with van der Waals surface area (Å²) in [6, 6.07) is 3.68. The molecule has 1 aromatic carbocycles. The van der Waals surface area contributed by atoms with Crippen LogP contribution in [0.5, 0.6) is 0 Å². The van der Waals surface area contributed by atoms with Crippen LogP contribution < -0.4 is 5.32 Å². The van der Waals surface area contributed by atoms with Gasteiger partial charge in [-0.2, -0.15) is 0 Å². The number of Topliss-reactive ketones (excluding diaryl/α,β-unsaturated/α-hetero) is 1. The highest BCUT2D eigenvalue weighted by Crippen LogP contribution is 2.26. The van der Waals surface area contributed by atoms with Crippen LogP contribution >= 0.6 is 0 Å². The van der Waals surface area contributed by atoms with Gasteiger partial charge >= 0.3 is 0 Å². The first-order chi connectivity index (χ1) is 8.59. The molecule has 4 heteroatoms. The maximum Gasteiger partial charge on any atom is 0.157 e. The van der Waals surface area contributed by atoms with Crippen LogP contribution in [0.1, 0.15) is 31.7 Å². The molecule has 1 aliphatic heterocycles. The Balaban J connectivity index is 2.21. The zero-order chi connectivity index (χ0) is 13.2. The molecule has 98 valence electrons. The Morgan fingerprint density at radius 1 is 1.39 bits per heavy atom. The van der Waals surface area contributed by atoms with Crippen LogP contribution in [0.3, 0.4) is 0 Å². The van der Waals surface area contributed by atoms with Crippen molar-refractivity contribution in [3.05, 3.63) is 35.4 Å². The number of benzene rings is 1. The van der Waals surface area contributed by atoms with Crippen LogP contribution in [-0.2, 0) is 11.2 Å². The molecule has 1 saturated heterocycles. The van der Waals surface area contributed by atoms with Crippen LogP contribution in [0, 0.1) is 11.6 Å². The van der Waals surface area contributed by atoms with E-state index >= 15 is 0 Å². The summed E-state index contributed by atoms with van der Waals surface area (Å²) in [5.74, 6) is -1.41. The highest BCUT2D eigenvalue weighted by atomic mass is 19.1. The van der Waals surface area contributed by atoms with E-state index in [1.165, 1.54) is 18.2 Å².